The number of hydrogen-bond donors (Lipinski definition) is 0. The molecule has 0 aliphatic carbocycles. The van der Waals surface area contributed by atoms with Crippen LogP contribution in [-0.4, -0.2) is 12.7 Å². The van der Waals surface area contributed by atoms with Crippen molar-refractivity contribution in [2.45, 2.75) is 26.1 Å². The van der Waals surface area contributed by atoms with E-state index in [0.717, 1.165) is 5.56 Å². The van der Waals surface area contributed by atoms with Crippen LogP contribution >= 0.6 is 0 Å². The summed E-state index contributed by atoms with van der Waals surface area (Å²) in [6.07, 6.45) is 0.285. The zero-order chi connectivity index (χ0) is 10.1. The van der Waals surface area contributed by atoms with Crippen molar-refractivity contribution in [1.29, 1.82) is 0 Å². The number of hydrogen-bond acceptors (Lipinski definition) is 2. The van der Waals surface area contributed by atoms with E-state index < -0.39 is 0 Å². The van der Waals surface area contributed by atoms with Gasteiger partial charge in [0.1, 0.15) is 6.10 Å². The van der Waals surface area contributed by atoms with Crippen LogP contribution in [0.2, 0.25) is 0 Å². The smallest absolute Gasteiger partial charge is 0.165 e. The van der Waals surface area contributed by atoms with E-state index in [2.05, 4.69) is 0 Å². The minimum absolute atomic E-state index is 0.0696. The maximum Gasteiger partial charge on any atom is 0.165 e. The summed E-state index contributed by atoms with van der Waals surface area (Å²) in [7, 11) is 0. The molecule has 1 aliphatic rings. The minimum atomic E-state index is -0.313. The molecule has 0 bridgehead atoms. The van der Waals surface area contributed by atoms with E-state index in [1.54, 1.807) is 6.07 Å². The van der Waals surface area contributed by atoms with Gasteiger partial charge in [0.25, 0.3) is 0 Å². The summed E-state index contributed by atoms with van der Waals surface area (Å²) in [6.45, 7) is 4.28. The predicted octanol–water partition coefficient (Wildman–Crippen LogP) is 2.68. The zero-order valence-electron chi connectivity index (χ0n) is 8.29. The SMILES string of the molecule is CCOc1ccc(C2OC2C)cc1F. The molecule has 0 amide bonds. The van der Waals surface area contributed by atoms with Crippen LogP contribution in [0.15, 0.2) is 18.2 Å². The Morgan fingerprint density at radius 1 is 1.50 bits per heavy atom. The molecule has 3 heteroatoms. The van der Waals surface area contributed by atoms with Gasteiger partial charge in [-0.3, -0.25) is 0 Å². The Bertz CT molecular complexity index is 338. The van der Waals surface area contributed by atoms with Crippen molar-refractivity contribution in [1.82, 2.24) is 0 Å². The molecule has 0 saturated carbocycles. The lowest BCUT2D eigenvalue weighted by Gasteiger charge is -2.05. The number of halogens is 1. The minimum Gasteiger partial charge on any atom is -0.491 e. The van der Waals surface area contributed by atoms with E-state index in [1.807, 2.05) is 19.9 Å². The Kier molecular flexibility index (Phi) is 2.42. The molecule has 2 rings (SSSR count). The lowest BCUT2D eigenvalue weighted by atomic mass is 10.1. The lowest BCUT2D eigenvalue weighted by Crippen LogP contribution is -1.95. The van der Waals surface area contributed by atoms with Crippen molar-refractivity contribution in [2.24, 2.45) is 0 Å². The van der Waals surface area contributed by atoms with E-state index >= 15 is 0 Å². The summed E-state index contributed by atoms with van der Waals surface area (Å²) in [4.78, 5) is 0. The Morgan fingerprint density at radius 2 is 2.21 bits per heavy atom. The average Bonchev–Trinajstić information content (AvgIpc) is 2.87. The van der Waals surface area contributed by atoms with Gasteiger partial charge in [-0.05, 0) is 31.5 Å². The number of benzene rings is 1. The van der Waals surface area contributed by atoms with Crippen molar-refractivity contribution >= 4 is 0 Å². The third kappa shape index (κ3) is 1.73. The molecular formula is C11H13FO2. The second kappa shape index (κ2) is 3.58. The first-order valence-corrected chi connectivity index (χ1v) is 4.80. The monoisotopic (exact) mass is 196 g/mol. The quantitative estimate of drug-likeness (QED) is 0.693. The average molecular weight is 196 g/mol. The standard InChI is InChI=1S/C11H13FO2/c1-3-13-10-5-4-8(6-9(10)12)11-7(2)14-11/h4-7,11H,3H2,1-2H3. The van der Waals surface area contributed by atoms with Crippen LogP contribution in [0.5, 0.6) is 5.75 Å². The molecule has 0 N–H and O–H groups in total. The first-order valence-electron chi connectivity index (χ1n) is 4.80. The highest BCUT2D eigenvalue weighted by atomic mass is 19.1. The highest BCUT2D eigenvalue weighted by Crippen LogP contribution is 2.39. The molecule has 0 radical (unpaired) electrons. The van der Waals surface area contributed by atoms with E-state index in [4.69, 9.17) is 9.47 Å². The number of epoxide rings is 1. The Morgan fingerprint density at radius 3 is 2.71 bits per heavy atom. The molecule has 1 heterocycles. The van der Waals surface area contributed by atoms with Crippen molar-refractivity contribution in [3.05, 3.63) is 29.6 Å². The van der Waals surface area contributed by atoms with Gasteiger partial charge < -0.3 is 9.47 Å². The van der Waals surface area contributed by atoms with Crippen LogP contribution in [0.25, 0.3) is 0 Å². The third-order valence-electron chi connectivity index (χ3n) is 2.30. The summed E-state index contributed by atoms with van der Waals surface area (Å²) in [5.41, 5.74) is 0.887. The summed E-state index contributed by atoms with van der Waals surface area (Å²) in [5, 5.41) is 0. The van der Waals surface area contributed by atoms with Crippen molar-refractivity contribution in [3.63, 3.8) is 0 Å². The maximum atomic E-state index is 13.4. The van der Waals surface area contributed by atoms with E-state index in [9.17, 15) is 4.39 Å². The Balaban J connectivity index is 2.18. The second-order valence-electron chi connectivity index (χ2n) is 3.38. The number of rotatable bonds is 3. The molecule has 1 fully saturated rings. The normalized spacial score (nSPS) is 24.8. The molecule has 1 saturated heterocycles. The largest absolute Gasteiger partial charge is 0.491 e. The molecule has 0 aromatic heterocycles. The summed E-state index contributed by atoms with van der Waals surface area (Å²) < 4.78 is 23.7. The lowest BCUT2D eigenvalue weighted by molar-refractivity contribution is 0.321. The summed E-state index contributed by atoms with van der Waals surface area (Å²) in [5.74, 6) is -0.00315. The van der Waals surface area contributed by atoms with Crippen LogP contribution in [0.3, 0.4) is 0 Å². The molecule has 2 atom stereocenters. The summed E-state index contributed by atoms with van der Waals surface area (Å²) >= 11 is 0. The topological polar surface area (TPSA) is 21.8 Å². The highest BCUT2D eigenvalue weighted by Gasteiger charge is 2.36. The maximum absolute atomic E-state index is 13.4. The highest BCUT2D eigenvalue weighted by molar-refractivity contribution is 5.32. The predicted molar refractivity (Wildman–Crippen MR) is 50.9 cm³/mol. The van der Waals surface area contributed by atoms with E-state index in [0.29, 0.717) is 12.4 Å². The van der Waals surface area contributed by atoms with E-state index in [-0.39, 0.29) is 18.0 Å². The van der Waals surface area contributed by atoms with Gasteiger partial charge in [0.15, 0.2) is 11.6 Å². The van der Waals surface area contributed by atoms with Crippen molar-refractivity contribution in [2.75, 3.05) is 6.61 Å². The molecule has 2 unspecified atom stereocenters. The molecule has 14 heavy (non-hydrogen) atoms. The molecule has 76 valence electrons. The molecule has 2 nitrogen and oxygen atoms in total. The summed E-state index contributed by atoms with van der Waals surface area (Å²) in [6, 6.07) is 4.99. The van der Waals surface area contributed by atoms with Gasteiger partial charge in [-0.1, -0.05) is 6.07 Å². The van der Waals surface area contributed by atoms with E-state index in [1.165, 1.54) is 6.07 Å². The fourth-order valence-electron chi connectivity index (χ4n) is 1.50. The zero-order valence-corrected chi connectivity index (χ0v) is 8.29. The van der Waals surface area contributed by atoms with Gasteiger partial charge in [0.05, 0.1) is 12.7 Å². The van der Waals surface area contributed by atoms with Gasteiger partial charge >= 0.3 is 0 Å². The molecular weight excluding hydrogens is 183 g/mol. The first-order chi connectivity index (χ1) is 6.72. The first kappa shape index (κ1) is 9.46. The fourth-order valence-corrected chi connectivity index (χ4v) is 1.50. The molecule has 1 aliphatic heterocycles. The second-order valence-corrected chi connectivity index (χ2v) is 3.38. The van der Waals surface area contributed by atoms with Crippen molar-refractivity contribution < 1.29 is 13.9 Å². The molecule has 0 spiro atoms. The Hall–Kier alpha value is -1.09. The van der Waals surface area contributed by atoms with Gasteiger partial charge in [-0.2, -0.15) is 0 Å². The van der Waals surface area contributed by atoms with Crippen LogP contribution in [-0.2, 0) is 4.74 Å². The van der Waals surface area contributed by atoms with Gasteiger partial charge in [-0.25, -0.2) is 4.39 Å². The third-order valence-corrected chi connectivity index (χ3v) is 2.30. The van der Waals surface area contributed by atoms with Crippen molar-refractivity contribution in [3.8, 4) is 5.75 Å². The Labute approximate surface area is 82.6 Å². The number of ether oxygens (including phenoxy) is 2. The molecule has 1 aromatic rings. The van der Waals surface area contributed by atoms with Gasteiger partial charge in [0.2, 0.25) is 0 Å². The van der Waals surface area contributed by atoms with Gasteiger partial charge in [0, 0.05) is 0 Å². The molecule has 1 aromatic carbocycles. The van der Waals surface area contributed by atoms with Crippen LogP contribution in [0, 0.1) is 5.82 Å². The van der Waals surface area contributed by atoms with Crippen LogP contribution in [0.1, 0.15) is 25.5 Å². The van der Waals surface area contributed by atoms with Gasteiger partial charge in [-0.15, -0.1) is 0 Å². The van der Waals surface area contributed by atoms with Crippen LogP contribution in [0.4, 0.5) is 4.39 Å². The van der Waals surface area contributed by atoms with Crippen LogP contribution < -0.4 is 4.74 Å². The fraction of sp³-hybridized carbons (Fsp3) is 0.455.